The molecule has 0 aromatic carbocycles. The summed E-state index contributed by atoms with van der Waals surface area (Å²) < 4.78 is 0. The van der Waals surface area contributed by atoms with Crippen molar-refractivity contribution in [1.29, 1.82) is 0 Å². The minimum absolute atomic E-state index is 0.171. The Balaban J connectivity index is 2.36. The van der Waals surface area contributed by atoms with Gasteiger partial charge in [-0.1, -0.05) is 19.8 Å². The van der Waals surface area contributed by atoms with Crippen molar-refractivity contribution in [3.05, 3.63) is 0 Å². The van der Waals surface area contributed by atoms with Crippen molar-refractivity contribution < 1.29 is 5.11 Å². The molecule has 1 saturated carbocycles. The Morgan fingerprint density at radius 1 is 1.50 bits per heavy atom. The fourth-order valence-electron chi connectivity index (χ4n) is 2.07. The molecule has 2 heteroatoms. The molecule has 1 fully saturated rings. The van der Waals surface area contributed by atoms with E-state index in [0.29, 0.717) is 6.04 Å². The minimum atomic E-state index is -0.171. The van der Waals surface area contributed by atoms with Crippen LogP contribution in [0.3, 0.4) is 0 Å². The molecule has 0 spiro atoms. The molecule has 80 valence electrons. The van der Waals surface area contributed by atoms with Crippen LogP contribution >= 0.6 is 0 Å². The quantitative estimate of drug-likeness (QED) is 0.669. The summed E-state index contributed by atoms with van der Waals surface area (Å²) >= 11 is 0. The van der Waals surface area contributed by atoms with Gasteiger partial charge in [0.15, 0.2) is 0 Å². The molecule has 1 aliphatic rings. The molecule has 14 heavy (non-hydrogen) atoms. The van der Waals surface area contributed by atoms with Crippen LogP contribution in [-0.2, 0) is 0 Å². The van der Waals surface area contributed by atoms with Crippen molar-refractivity contribution in [3.63, 3.8) is 0 Å². The van der Waals surface area contributed by atoms with E-state index in [0.717, 1.165) is 32.1 Å². The van der Waals surface area contributed by atoms with Crippen molar-refractivity contribution in [2.75, 3.05) is 0 Å². The van der Waals surface area contributed by atoms with Gasteiger partial charge in [0, 0.05) is 18.5 Å². The molecule has 0 aliphatic heterocycles. The van der Waals surface area contributed by atoms with Crippen LogP contribution in [0.1, 0.15) is 45.4 Å². The van der Waals surface area contributed by atoms with E-state index in [1.807, 2.05) is 0 Å². The van der Waals surface area contributed by atoms with Gasteiger partial charge >= 0.3 is 0 Å². The van der Waals surface area contributed by atoms with E-state index >= 15 is 0 Å². The molecule has 2 nitrogen and oxygen atoms in total. The molecule has 0 heterocycles. The zero-order valence-electron chi connectivity index (χ0n) is 9.00. The molecule has 0 bridgehead atoms. The third-order valence-electron chi connectivity index (χ3n) is 3.04. The standard InChI is InChI=1S/C12H21NO/c1-3-7-10(4-2)13-11-8-5-6-9-12(11)14/h1,10-14H,4-9H2,2H3/t10?,11-,12-/m1/s1. The maximum atomic E-state index is 9.77. The first-order valence-electron chi connectivity index (χ1n) is 5.65. The second kappa shape index (κ2) is 6.06. The largest absolute Gasteiger partial charge is 0.392 e. The van der Waals surface area contributed by atoms with Crippen molar-refractivity contribution in [2.24, 2.45) is 0 Å². The van der Waals surface area contributed by atoms with Gasteiger partial charge in [0.05, 0.1) is 6.10 Å². The van der Waals surface area contributed by atoms with Crippen LogP contribution in [0.25, 0.3) is 0 Å². The summed E-state index contributed by atoms with van der Waals surface area (Å²) in [4.78, 5) is 0. The highest BCUT2D eigenvalue weighted by Gasteiger charge is 2.24. The lowest BCUT2D eigenvalue weighted by Crippen LogP contribution is -2.46. The summed E-state index contributed by atoms with van der Waals surface area (Å²) in [7, 11) is 0. The van der Waals surface area contributed by atoms with Gasteiger partial charge in [0.2, 0.25) is 0 Å². The highest BCUT2D eigenvalue weighted by molar-refractivity contribution is 4.92. The topological polar surface area (TPSA) is 32.3 Å². The molecule has 0 radical (unpaired) electrons. The molecule has 1 unspecified atom stereocenters. The number of nitrogens with one attached hydrogen (secondary N) is 1. The van der Waals surface area contributed by atoms with E-state index in [4.69, 9.17) is 6.42 Å². The highest BCUT2D eigenvalue weighted by atomic mass is 16.3. The third-order valence-corrected chi connectivity index (χ3v) is 3.04. The average molecular weight is 195 g/mol. The minimum Gasteiger partial charge on any atom is -0.392 e. The molecular formula is C12H21NO. The second-order valence-electron chi connectivity index (χ2n) is 4.14. The van der Waals surface area contributed by atoms with E-state index in [1.54, 1.807) is 0 Å². The van der Waals surface area contributed by atoms with Gasteiger partial charge < -0.3 is 10.4 Å². The SMILES string of the molecule is C#CCC(CC)N[C@@H]1CCCC[C@H]1O. The predicted octanol–water partition coefficient (Wildman–Crippen LogP) is 1.68. The van der Waals surface area contributed by atoms with Gasteiger partial charge in [-0.2, -0.15) is 0 Å². The molecule has 3 atom stereocenters. The van der Waals surface area contributed by atoms with Crippen molar-refractivity contribution >= 4 is 0 Å². The van der Waals surface area contributed by atoms with Gasteiger partial charge in [-0.15, -0.1) is 12.3 Å². The summed E-state index contributed by atoms with van der Waals surface area (Å²) in [5, 5.41) is 13.2. The number of terminal acetylenes is 1. The molecule has 0 aromatic rings. The first-order valence-corrected chi connectivity index (χ1v) is 5.65. The van der Waals surface area contributed by atoms with Crippen molar-refractivity contribution in [2.45, 2.75) is 63.6 Å². The number of aliphatic hydroxyl groups is 1. The number of aliphatic hydroxyl groups excluding tert-OH is 1. The molecule has 1 aliphatic carbocycles. The number of hydrogen-bond acceptors (Lipinski definition) is 2. The zero-order chi connectivity index (χ0) is 10.4. The second-order valence-corrected chi connectivity index (χ2v) is 4.14. The van der Waals surface area contributed by atoms with Crippen LogP contribution in [0.5, 0.6) is 0 Å². The summed E-state index contributed by atoms with van der Waals surface area (Å²) in [6, 6.07) is 0.639. The van der Waals surface area contributed by atoms with E-state index in [2.05, 4.69) is 18.2 Å². The van der Waals surface area contributed by atoms with Crippen LogP contribution in [0.4, 0.5) is 0 Å². The van der Waals surface area contributed by atoms with E-state index in [1.165, 1.54) is 6.42 Å². The van der Waals surface area contributed by atoms with E-state index in [-0.39, 0.29) is 12.1 Å². The van der Waals surface area contributed by atoms with Crippen molar-refractivity contribution in [1.82, 2.24) is 5.32 Å². The Morgan fingerprint density at radius 3 is 2.79 bits per heavy atom. The van der Waals surface area contributed by atoms with Crippen LogP contribution in [0.15, 0.2) is 0 Å². The summed E-state index contributed by atoms with van der Waals surface area (Å²) in [6.45, 7) is 2.13. The fourth-order valence-corrected chi connectivity index (χ4v) is 2.07. The van der Waals surface area contributed by atoms with Gasteiger partial charge in [0.25, 0.3) is 0 Å². The lowest BCUT2D eigenvalue weighted by Gasteiger charge is -2.31. The Kier molecular flexibility index (Phi) is 5.00. The summed E-state index contributed by atoms with van der Waals surface area (Å²) in [5.41, 5.74) is 0. The molecule has 0 saturated heterocycles. The van der Waals surface area contributed by atoms with E-state index in [9.17, 15) is 5.11 Å². The first-order chi connectivity index (χ1) is 6.77. The summed E-state index contributed by atoms with van der Waals surface area (Å²) in [6.07, 6.45) is 11.3. The van der Waals surface area contributed by atoms with Gasteiger partial charge in [0.1, 0.15) is 0 Å². The first kappa shape index (κ1) is 11.6. The lowest BCUT2D eigenvalue weighted by atomic mass is 9.91. The Hall–Kier alpha value is -0.520. The average Bonchev–Trinajstić information content (AvgIpc) is 2.20. The van der Waals surface area contributed by atoms with Gasteiger partial charge in [-0.3, -0.25) is 0 Å². The Labute approximate surface area is 87.1 Å². The third kappa shape index (κ3) is 3.32. The van der Waals surface area contributed by atoms with Crippen LogP contribution in [0.2, 0.25) is 0 Å². The monoisotopic (exact) mass is 195 g/mol. The summed E-state index contributed by atoms with van der Waals surface area (Å²) in [5.74, 6) is 2.68. The lowest BCUT2D eigenvalue weighted by molar-refractivity contribution is 0.0848. The van der Waals surface area contributed by atoms with Crippen LogP contribution in [-0.4, -0.2) is 23.3 Å². The van der Waals surface area contributed by atoms with Crippen LogP contribution < -0.4 is 5.32 Å². The maximum absolute atomic E-state index is 9.77. The molecule has 2 N–H and O–H groups in total. The van der Waals surface area contributed by atoms with Gasteiger partial charge in [-0.05, 0) is 19.3 Å². The van der Waals surface area contributed by atoms with Gasteiger partial charge in [-0.25, -0.2) is 0 Å². The maximum Gasteiger partial charge on any atom is 0.0693 e. The smallest absolute Gasteiger partial charge is 0.0693 e. The predicted molar refractivity (Wildman–Crippen MR) is 58.9 cm³/mol. The Bertz CT molecular complexity index is 197. The zero-order valence-corrected chi connectivity index (χ0v) is 9.00. The number of rotatable bonds is 4. The fraction of sp³-hybridized carbons (Fsp3) is 0.833. The van der Waals surface area contributed by atoms with E-state index < -0.39 is 0 Å². The normalized spacial score (nSPS) is 29.5. The molecular weight excluding hydrogens is 174 g/mol. The van der Waals surface area contributed by atoms with Crippen molar-refractivity contribution in [3.8, 4) is 12.3 Å². The number of hydrogen-bond donors (Lipinski definition) is 2. The molecule has 0 amide bonds. The Morgan fingerprint density at radius 2 is 2.21 bits per heavy atom. The highest BCUT2D eigenvalue weighted by Crippen LogP contribution is 2.19. The molecule has 0 aromatic heterocycles. The molecule has 1 rings (SSSR count). The van der Waals surface area contributed by atoms with Crippen LogP contribution in [0, 0.1) is 12.3 Å².